The smallest absolute Gasteiger partial charge is 0.161 e. The number of halogens is 2. The highest BCUT2D eigenvalue weighted by molar-refractivity contribution is 6.30. The highest BCUT2D eigenvalue weighted by atomic mass is 35.5. The average Bonchev–Trinajstić information content (AvgIpc) is 2.53. The van der Waals surface area contributed by atoms with E-state index >= 15 is 0 Å². The molecule has 0 unspecified atom stereocenters. The van der Waals surface area contributed by atoms with Crippen molar-refractivity contribution >= 4 is 24.0 Å². The third kappa shape index (κ3) is 4.54. The van der Waals surface area contributed by atoms with Gasteiger partial charge in [0.15, 0.2) is 11.5 Å². The molecule has 22 heavy (non-hydrogen) atoms. The Morgan fingerprint density at radius 3 is 2.36 bits per heavy atom. The molecule has 0 radical (unpaired) electrons. The third-order valence-corrected chi connectivity index (χ3v) is 3.69. The fourth-order valence-corrected chi connectivity index (χ4v) is 2.44. The summed E-state index contributed by atoms with van der Waals surface area (Å²) in [5.41, 5.74) is 2.49. The maximum absolute atomic E-state index is 5.87. The third-order valence-electron chi connectivity index (χ3n) is 3.44. The van der Waals surface area contributed by atoms with Crippen LogP contribution in [0.15, 0.2) is 42.5 Å². The molecule has 1 N–H and O–H groups in total. The van der Waals surface area contributed by atoms with E-state index in [1.165, 1.54) is 11.1 Å². The van der Waals surface area contributed by atoms with Crippen LogP contribution in [0.3, 0.4) is 0 Å². The van der Waals surface area contributed by atoms with Gasteiger partial charge < -0.3 is 14.8 Å². The Balaban J connectivity index is 0.00000176. The zero-order chi connectivity index (χ0) is 14.5. The summed E-state index contributed by atoms with van der Waals surface area (Å²) < 4.78 is 11.1. The van der Waals surface area contributed by atoms with Gasteiger partial charge in [0, 0.05) is 11.6 Å². The van der Waals surface area contributed by atoms with E-state index in [9.17, 15) is 0 Å². The van der Waals surface area contributed by atoms with Crippen LogP contribution in [0.1, 0.15) is 11.1 Å². The largest absolute Gasteiger partial charge is 0.486 e. The van der Waals surface area contributed by atoms with Crippen LogP contribution in [-0.2, 0) is 13.0 Å². The zero-order valence-electron chi connectivity index (χ0n) is 12.2. The summed E-state index contributed by atoms with van der Waals surface area (Å²) in [6.07, 6.45) is 0.988. The van der Waals surface area contributed by atoms with Crippen LogP contribution in [-0.4, -0.2) is 19.8 Å². The molecule has 1 aliphatic rings. The number of rotatable bonds is 5. The molecule has 0 bridgehead atoms. The predicted molar refractivity (Wildman–Crippen MR) is 91.5 cm³/mol. The van der Waals surface area contributed by atoms with Crippen molar-refractivity contribution in [3.63, 3.8) is 0 Å². The number of nitrogens with one attached hydrogen (secondary N) is 1. The maximum atomic E-state index is 5.87. The van der Waals surface area contributed by atoms with Crippen molar-refractivity contribution in [2.75, 3.05) is 19.8 Å². The molecule has 0 atom stereocenters. The molecule has 0 amide bonds. The van der Waals surface area contributed by atoms with Crippen molar-refractivity contribution in [2.24, 2.45) is 0 Å². The predicted octanol–water partition coefficient (Wildman–Crippen LogP) is 3.87. The first-order valence-electron chi connectivity index (χ1n) is 7.15. The summed E-state index contributed by atoms with van der Waals surface area (Å²) in [5.74, 6) is 1.68. The topological polar surface area (TPSA) is 30.5 Å². The Hall–Kier alpha value is -1.42. The van der Waals surface area contributed by atoms with Gasteiger partial charge in [-0.1, -0.05) is 29.8 Å². The van der Waals surface area contributed by atoms with Crippen molar-refractivity contribution in [1.82, 2.24) is 5.32 Å². The molecule has 1 aliphatic heterocycles. The highest BCUT2D eigenvalue weighted by Gasteiger charge is 2.11. The second kappa shape index (κ2) is 8.28. The molecule has 0 saturated heterocycles. The van der Waals surface area contributed by atoms with Crippen molar-refractivity contribution < 1.29 is 9.47 Å². The maximum Gasteiger partial charge on any atom is 0.161 e. The number of benzene rings is 2. The molecule has 0 spiro atoms. The molecular weight excluding hydrogens is 321 g/mol. The monoisotopic (exact) mass is 339 g/mol. The van der Waals surface area contributed by atoms with E-state index in [0.29, 0.717) is 13.2 Å². The molecule has 5 heteroatoms. The van der Waals surface area contributed by atoms with Gasteiger partial charge in [0.2, 0.25) is 0 Å². The van der Waals surface area contributed by atoms with Gasteiger partial charge in [0.1, 0.15) is 13.2 Å². The number of ether oxygens (including phenoxy) is 2. The fourth-order valence-electron chi connectivity index (χ4n) is 2.31. The van der Waals surface area contributed by atoms with E-state index in [2.05, 4.69) is 23.5 Å². The molecule has 0 saturated carbocycles. The van der Waals surface area contributed by atoms with Crippen LogP contribution < -0.4 is 14.8 Å². The van der Waals surface area contributed by atoms with Crippen LogP contribution in [0, 0.1) is 0 Å². The van der Waals surface area contributed by atoms with Crippen molar-refractivity contribution in [1.29, 1.82) is 0 Å². The minimum absolute atomic E-state index is 0. The molecule has 2 aromatic rings. The van der Waals surface area contributed by atoms with E-state index in [4.69, 9.17) is 21.1 Å². The van der Waals surface area contributed by atoms with Crippen molar-refractivity contribution in [3.05, 3.63) is 58.6 Å². The Labute approximate surface area is 142 Å². The highest BCUT2D eigenvalue weighted by Crippen LogP contribution is 2.30. The standard InChI is InChI=1S/C17H18ClNO2.ClH/c18-15-4-1-13(2-5-15)7-8-19-12-14-3-6-16-17(11-14)21-10-9-20-16;/h1-6,11,19H,7-10,12H2;1H. The number of hydrogen-bond acceptors (Lipinski definition) is 3. The summed E-state index contributed by atoms with van der Waals surface area (Å²) in [5, 5.41) is 4.22. The van der Waals surface area contributed by atoms with E-state index in [-0.39, 0.29) is 12.4 Å². The Kier molecular flexibility index (Phi) is 6.37. The first-order valence-corrected chi connectivity index (χ1v) is 7.53. The van der Waals surface area contributed by atoms with Gasteiger partial charge in [-0.25, -0.2) is 0 Å². The van der Waals surface area contributed by atoms with E-state index in [0.717, 1.165) is 36.0 Å². The van der Waals surface area contributed by atoms with Crippen LogP contribution in [0.25, 0.3) is 0 Å². The Bertz CT molecular complexity index is 602. The van der Waals surface area contributed by atoms with Crippen molar-refractivity contribution in [3.8, 4) is 11.5 Å². The second-order valence-electron chi connectivity index (χ2n) is 5.03. The molecule has 2 aromatic carbocycles. The minimum atomic E-state index is 0. The van der Waals surface area contributed by atoms with E-state index in [1.54, 1.807) is 0 Å². The lowest BCUT2D eigenvalue weighted by Gasteiger charge is -2.19. The van der Waals surface area contributed by atoms with E-state index < -0.39 is 0 Å². The van der Waals surface area contributed by atoms with Gasteiger partial charge in [-0.15, -0.1) is 12.4 Å². The molecule has 0 aliphatic carbocycles. The van der Waals surface area contributed by atoms with Crippen molar-refractivity contribution in [2.45, 2.75) is 13.0 Å². The summed E-state index contributed by atoms with van der Waals surface area (Å²) in [4.78, 5) is 0. The normalized spacial score (nSPS) is 12.6. The zero-order valence-corrected chi connectivity index (χ0v) is 13.8. The summed E-state index contributed by atoms with van der Waals surface area (Å²) in [7, 11) is 0. The fraction of sp³-hybridized carbons (Fsp3) is 0.294. The Morgan fingerprint density at radius 1 is 0.909 bits per heavy atom. The molecule has 3 nitrogen and oxygen atoms in total. The average molecular weight is 340 g/mol. The van der Waals surface area contributed by atoms with Gasteiger partial charge in [-0.2, -0.15) is 0 Å². The van der Waals surface area contributed by atoms with Crippen LogP contribution in [0.5, 0.6) is 11.5 Å². The van der Waals surface area contributed by atoms with Crippen LogP contribution in [0.2, 0.25) is 5.02 Å². The molecule has 1 heterocycles. The lowest BCUT2D eigenvalue weighted by atomic mass is 10.1. The lowest BCUT2D eigenvalue weighted by Crippen LogP contribution is -2.18. The second-order valence-corrected chi connectivity index (χ2v) is 5.47. The molecular formula is C17H19Cl2NO2. The molecule has 118 valence electrons. The first-order chi connectivity index (χ1) is 10.3. The number of fused-ring (bicyclic) bond motifs is 1. The number of hydrogen-bond donors (Lipinski definition) is 1. The van der Waals surface area contributed by atoms with Gasteiger partial charge in [0.05, 0.1) is 0 Å². The summed E-state index contributed by atoms with van der Waals surface area (Å²) in [6, 6.07) is 14.1. The first kappa shape index (κ1) is 16.9. The molecule has 0 aromatic heterocycles. The minimum Gasteiger partial charge on any atom is -0.486 e. The summed E-state index contributed by atoms with van der Waals surface area (Å²) in [6.45, 7) is 3.01. The Morgan fingerprint density at radius 2 is 1.59 bits per heavy atom. The van der Waals surface area contributed by atoms with Gasteiger partial charge in [0.25, 0.3) is 0 Å². The SMILES string of the molecule is Cl.Clc1ccc(CCNCc2ccc3c(c2)OCCO3)cc1. The van der Waals surface area contributed by atoms with Gasteiger partial charge in [-0.3, -0.25) is 0 Å². The van der Waals surface area contributed by atoms with Gasteiger partial charge >= 0.3 is 0 Å². The van der Waals surface area contributed by atoms with Crippen LogP contribution >= 0.6 is 24.0 Å². The summed E-state index contributed by atoms with van der Waals surface area (Å²) >= 11 is 5.87. The lowest BCUT2D eigenvalue weighted by molar-refractivity contribution is 0.171. The molecule has 3 rings (SSSR count). The molecule has 0 fully saturated rings. The van der Waals surface area contributed by atoms with E-state index in [1.807, 2.05) is 24.3 Å². The van der Waals surface area contributed by atoms with Gasteiger partial charge in [-0.05, 0) is 48.4 Å². The quantitative estimate of drug-likeness (QED) is 0.839. The van der Waals surface area contributed by atoms with Crippen LogP contribution in [0.4, 0.5) is 0 Å².